The van der Waals surface area contributed by atoms with Crippen LogP contribution in [0.5, 0.6) is 0 Å². The molecule has 1 aromatic carbocycles. The molecule has 0 saturated carbocycles. The van der Waals surface area contributed by atoms with Crippen LogP contribution in [0.1, 0.15) is 24.2 Å². The maximum atomic E-state index is 12.0. The molecule has 0 atom stereocenters. The highest BCUT2D eigenvalue weighted by molar-refractivity contribution is 9.09. The Morgan fingerprint density at radius 2 is 2.00 bits per heavy atom. The van der Waals surface area contributed by atoms with Crippen LogP contribution in [0, 0.1) is 0 Å². The molecule has 0 bridgehead atoms. The normalized spacial score (nSPS) is 10.8. The number of carbonyl (C=O) groups excluding carboxylic acids is 1. The Morgan fingerprint density at radius 3 is 2.60 bits per heavy atom. The lowest BCUT2D eigenvalue weighted by molar-refractivity contribution is 0.102. The number of anilines is 1. The van der Waals surface area contributed by atoms with Crippen molar-refractivity contribution in [2.45, 2.75) is 13.8 Å². The number of benzene rings is 1. The molecule has 20 heavy (non-hydrogen) atoms. The molecule has 0 unspecified atom stereocenters. The van der Waals surface area contributed by atoms with E-state index in [1.165, 1.54) is 0 Å². The Labute approximate surface area is 125 Å². The maximum absolute atomic E-state index is 12.0. The van der Waals surface area contributed by atoms with Gasteiger partial charge in [0.1, 0.15) is 5.56 Å². The summed E-state index contributed by atoms with van der Waals surface area (Å²) in [5, 5.41) is 0.872. The van der Waals surface area contributed by atoms with Gasteiger partial charge in [-0.05, 0) is 26.0 Å². The highest BCUT2D eigenvalue weighted by Gasteiger charge is 2.15. The molecule has 0 spiro atoms. The Balaban J connectivity index is 2.69. The van der Waals surface area contributed by atoms with Crippen LogP contribution in [0.25, 0.3) is 11.0 Å². The lowest BCUT2D eigenvalue weighted by Gasteiger charge is -2.21. The number of alkyl halides is 1. The van der Waals surface area contributed by atoms with Gasteiger partial charge < -0.3 is 9.32 Å². The van der Waals surface area contributed by atoms with E-state index in [4.69, 9.17) is 4.42 Å². The second kappa shape index (κ2) is 6.22. The van der Waals surface area contributed by atoms with E-state index >= 15 is 0 Å². The van der Waals surface area contributed by atoms with Crippen LogP contribution in [0.2, 0.25) is 0 Å². The molecule has 0 N–H and O–H groups in total. The molecule has 2 aromatic rings. The molecule has 0 amide bonds. The summed E-state index contributed by atoms with van der Waals surface area (Å²) in [5.74, 6) is -0.270. The van der Waals surface area contributed by atoms with E-state index in [0.29, 0.717) is 5.58 Å². The topological polar surface area (TPSA) is 50.5 Å². The summed E-state index contributed by atoms with van der Waals surface area (Å²) in [6.07, 6.45) is 0. The first-order valence-electron chi connectivity index (χ1n) is 6.53. The number of para-hydroxylation sites is 1. The molecule has 0 aliphatic carbocycles. The van der Waals surface area contributed by atoms with Gasteiger partial charge in [0.05, 0.1) is 11.0 Å². The van der Waals surface area contributed by atoms with Crippen molar-refractivity contribution in [3.63, 3.8) is 0 Å². The third-order valence-corrected chi connectivity index (χ3v) is 3.77. The summed E-state index contributed by atoms with van der Waals surface area (Å²) >= 11 is 3.07. The van der Waals surface area contributed by atoms with Crippen molar-refractivity contribution in [1.82, 2.24) is 0 Å². The molecule has 0 radical (unpaired) electrons. The molecule has 2 rings (SSSR count). The van der Waals surface area contributed by atoms with Gasteiger partial charge in [0.2, 0.25) is 0 Å². The van der Waals surface area contributed by atoms with Gasteiger partial charge in [0.15, 0.2) is 11.4 Å². The molecule has 0 aliphatic heterocycles. The number of rotatable bonds is 5. The first-order chi connectivity index (χ1) is 9.62. The molecule has 0 aliphatic rings. The van der Waals surface area contributed by atoms with Crippen molar-refractivity contribution in [3.05, 3.63) is 40.2 Å². The SMILES string of the molecule is CCN(CC)c1cccc2cc(C(=O)CBr)c(=O)oc12. The van der Waals surface area contributed by atoms with E-state index in [0.717, 1.165) is 24.2 Å². The van der Waals surface area contributed by atoms with Gasteiger partial charge in [-0.1, -0.05) is 28.1 Å². The van der Waals surface area contributed by atoms with Crippen molar-refractivity contribution < 1.29 is 9.21 Å². The summed E-state index contributed by atoms with van der Waals surface area (Å²) < 4.78 is 5.39. The van der Waals surface area contributed by atoms with Gasteiger partial charge in [-0.3, -0.25) is 4.79 Å². The van der Waals surface area contributed by atoms with Crippen LogP contribution in [0.15, 0.2) is 33.5 Å². The molecule has 106 valence electrons. The van der Waals surface area contributed by atoms with Gasteiger partial charge in [-0.2, -0.15) is 0 Å². The van der Waals surface area contributed by atoms with Crippen molar-refractivity contribution in [1.29, 1.82) is 0 Å². The minimum absolute atomic E-state index is 0.0890. The number of hydrogen-bond acceptors (Lipinski definition) is 4. The molecular weight excluding hydrogens is 322 g/mol. The standard InChI is InChI=1S/C15H16BrNO3/c1-3-17(4-2)12-7-5-6-10-8-11(13(18)9-16)15(19)20-14(10)12/h5-8H,3-4,9H2,1-2H3. The number of fused-ring (bicyclic) bond motifs is 1. The van der Waals surface area contributed by atoms with Crippen LogP contribution < -0.4 is 10.5 Å². The molecule has 1 heterocycles. The van der Waals surface area contributed by atoms with Gasteiger partial charge in [-0.25, -0.2) is 4.79 Å². The van der Waals surface area contributed by atoms with Crippen molar-refractivity contribution in [3.8, 4) is 0 Å². The first-order valence-corrected chi connectivity index (χ1v) is 7.65. The van der Waals surface area contributed by atoms with E-state index in [2.05, 4.69) is 20.8 Å². The maximum Gasteiger partial charge on any atom is 0.347 e. The zero-order chi connectivity index (χ0) is 14.7. The molecule has 4 nitrogen and oxygen atoms in total. The predicted molar refractivity (Wildman–Crippen MR) is 84.2 cm³/mol. The van der Waals surface area contributed by atoms with Crippen LogP contribution in [0.3, 0.4) is 0 Å². The number of carbonyl (C=O) groups is 1. The number of ketones is 1. The van der Waals surface area contributed by atoms with E-state index in [1.807, 2.05) is 32.0 Å². The number of Topliss-reactive ketones (excluding diaryl/α,β-unsaturated/α-hetero) is 1. The first kappa shape index (κ1) is 14.8. The van der Waals surface area contributed by atoms with Gasteiger partial charge in [-0.15, -0.1) is 0 Å². The Hall–Kier alpha value is -1.62. The largest absolute Gasteiger partial charge is 0.420 e. The van der Waals surface area contributed by atoms with Crippen LogP contribution in [0.4, 0.5) is 5.69 Å². The average Bonchev–Trinajstić information content (AvgIpc) is 2.47. The number of halogens is 1. The predicted octanol–water partition coefficient (Wildman–Crippen LogP) is 3.22. The lowest BCUT2D eigenvalue weighted by atomic mass is 10.1. The molecular formula is C15H16BrNO3. The summed E-state index contributed by atoms with van der Waals surface area (Å²) in [7, 11) is 0. The minimum atomic E-state index is -0.582. The van der Waals surface area contributed by atoms with Crippen LogP contribution in [-0.2, 0) is 0 Å². The highest BCUT2D eigenvalue weighted by Crippen LogP contribution is 2.26. The van der Waals surface area contributed by atoms with Gasteiger partial charge in [0.25, 0.3) is 0 Å². The molecule has 0 fully saturated rings. The zero-order valence-electron chi connectivity index (χ0n) is 11.5. The Kier molecular flexibility index (Phi) is 4.60. The molecule has 1 aromatic heterocycles. The second-order valence-corrected chi connectivity index (χ2v) is 4.93. The summed E-state index contributed by atoms with van der Waals surface area (Å²) in [4.78, 5) is 25.8. The van der Waals surface area contributed by atoms with Crippen molar-refractivity contribution in [2.75, 3.05) is 23.3 Å². The minimum Gasteiger partial charge on any atom is -0.420 e. The fraction of sp³-hybridized carbons (Fsp3) is 0.333. The highest BCUT2D eigenvalue weighted by atomic mass is 79.9. The number of nitrogens with zero attached hydrogens (tertiary/aromatic N) is 1. The Bertz CT molecular complexity index is 689. The smallest absolute Gasteiger partial charge is 0.347 e. The molecule has 0 saturated heterocycles. The summed E-state index contributed by atoms with van der Waals surface area (Å²) in [5.41, 5.74) is 0.919. The van der Waals surface area contributed by atoms with E-state index in [1.54, 1.807) is 6.07 Å². The third-order valence-electron chi connectivity index (χ3n) is 3.27. The number of hydrogen-bond donors (Lipinski definition) is 0. The lowest BCUT2D eigenvalue weighted by Crippen LogP contribution is -2.22. The van der Waals surface area contributed by atoms with E-state index in [9.17, 15) is 9.59 Å². The quantitative estimate of drug-likeness (QED) is 0.477. The van der Waals surface area contributed by atoms with E-state index < -0.39 is 5.63 Å². The third kappa shape index (κ3) is 2.63. The van der Waals surface area contributed by atoms with Crippen LogP contribution in [-0.4, -0.2) is 24.2 Å². The molecule has 5 heteroatoms. The fourth-order valence-electron chi connectivity index (χ4n) is 2.21. The zero-order valence-corrected chi connectivity index (χ0v) is 13.1. The van der Waals surface area contributed by atoms with Crippen LogP contribution >= 0.6 is 15.9 Å². The van der Waals surface area contributed by atoms with Gasteiger partial charge >= 0.3 is 5.63 Å². The van der Waals surface area contributed by atoms with E-state index in [-0.39, 0.29) is 16.7 Å². The van der Waals surface area contributed by atoms with Crippen molar-refractivity contribution >= 4 is 38.4 Å². The second-order valence-electron chi connectivity index (χ2n) is 4.37. The summed E-state index contributed by atoms with van der Waals surface area (Å²) in [6.45, 7) is 5.73. The summed E-state index contributed by atoms with van der Waals surface area (Å²) in [6, 6.07) is 7.27. The monoisotopic (exact) mass is 337 g/mol. The Morgan fingerprint density at radius 1 is 1.30 bits per heavy atom. The average molecular weight is 338 g/mol. The van der Waals surface area contributed by atoms with Gasteiger partial charge in [0, 0.05) is 18.5 Å². The van der Waals surface area contributed by atoms with Crippen molar-refractivity contribution in [2.24, 2.45) is 0 Å². The fourth-order valence-corrected chi connectivity index (χ4v) is 2.51.